The number of hydrogen-bond donors (Lipinski definition) is 0. The predicted octanol–water partition coefficient (Wildman–Crippen LogP) is 14.2. The summed E-state index contributed by atoms with van der Waals surface area (Å²) in [4.78, 5) is 7.95. The van der Waals surface area contributed by atoms with Crippen LogP contribution in [0.1, 0.15) is 69.5 Å². The molecule has 1 aliphatic carbocycles. The van der Waals surface area contributed by atoms with Crippen molar-refractivity contribution < 1.29 is 0 Å². The molecule has 0 aromatic heterocycles. The first-order chi connectivity index (χ1) is 27.5. The lowest BCUT2D eigenvalue weighted by Crippen LogP contribution is -2.43. The second-order valence-electron chi connectivity index (χ2n) is 15.9. The van der Waals surface area contributed by atoms with E-state index in [4.69, 9.17) is 0 Å². The van der Waals surface area contributed by atoms with Gasteiger partial charge in [-0.15, -0.1) is 0 Å². The predicted molar refractivity (Wildman–Crippen MR) is 233 cm³/mol. The third-order valence-electron chi connectivity index (χ3n) is 12.9. The summed E-state index contributed by atoms with van der Waals surface area (Å²) in [5.74, 6) is 0. The molecule has 0 fully saturated rings. The Kier molecular flexibility index (Phi) is 7.02. The number of rotatable bonds is 1. The molecule has 8 aromatic rings. The summed E-state index contributed by atoms with van der Waals surface area (Å²) in [5.41, 5.74) is 15.2. The Morgan fingerprint density at radius 3 is 0.893 bits per heavy atom. The zero-order valence-electron chi connectivity index (χ0n) is 31.0. The first kappa shape index (κ1) is 33.0. The first-order valence-corrected chi connectivity index (χ1v) is 21.9. The molecule has 0 nitrogen and oxygen atoms in total. The molecule has 3 heterocycles. The zero-order valence-corrected chi connectivity index (χ0v) is 33.5. The Labute approximate surface area is 341 Å². The van der Waals surface area contributed by atoms with E-state index in [9.17, 15) is 0 Å². The standard InChI is InChI=1S/C53H36S3/c1-51(2)35-15-3-5-17-37(35)52(38-18-6-4-16-36(38)51)39-19-7-11-23-45(39)55-49-29-27-33(31-43(49)52)34-28-30-50-44(32-34)53(42-22-10-14-26-48(42)56-50)40-20-8-12-24-46(40)54-47-25-13-9-21-41(47)53/h3-32H,1-2H3. The maximum Gasteiger partial charge on any atom is 0.0745 e. The molecular weight excluding hydrogens is 733 g/mol. The highest BCUT2D eigenvalue weighted by Gasteiger charge is 2.53. The van der Waals surface area contributed by atoms with Gasteiger partial charge >= 0.3 is 0 Å². The average Bonchev–Trinajstić information content (AvgIpc) is 3.25. The van der Waals surface area contributed by atoms with Crippen molar-refractivity contribution >= 4 is 35.3 Å². The largest absolute Gasteiger partial charge is 0.0894 e. The summed E-state index contributed by atoms with van der Waals surface area (Å²) in [6.07, 6.45) is 0. The van der Waals surface area contributed by atoms with Crippen LogP contribution in [0, 0.1) is 0 Å². The van der Waals surface area contributed by atoms with Crippen LogP contribution < -0.4 is 0 Å². The maximum absolute atomic E-state index is 2.54. The topological polar surface area (TPSA) is 0 Å². The van der Waals surface area contributed by atoms with Crippen LogP contribution in [-0.4, -0.2) is 0 Å². The number of hydrogen-bond acceptors (Lipinski definition) is 3. The van der Waals surface area contributed by atoms with Crippen molar-refractivity contribution in [2.24, 2.45) is 0 Å². The van der Waals surface area contributed by atoms with Crippen molar-refractivity contribution in [2.75, 3.05) is 0 Å². The fourth-order valence-corrected chi connectivity index (χ4v) is 14.1. The van der Waals surface area contributed by atoms with E-state index < -0.39 is 10.8 Å². The lowest BCUT2D eigenvalue weighted by Gasteiger charge is -2.50. The van der Waals surface area contributed by atoms with E-state index in [1.807, 2.05) is 35.3 Å². The van der Waals surface area contributed by atoms with Crippen LogP contribution in [0.2, 0.25) is 0 Å². The van der Waals surface area contributed by atoms with Gasteiger partial charge in [-0.3, -0.25) is 0 Å². The van der Waals surface area contributed by atoms with Crippen LogP contribution in [0.5, 0.6) is 0 Å². The zero-order chi connectivity index (χ0) is 37.2. The van der Waals surface area contributed by atoms with Crippen LogP contribution in [0.4, 0.5) is 0 Å². The van der Waals surface area contributed by atoms with Gasteiger partial charge in [0.25, 0.3) is 0 Å². The van der Waals surface area contributed by atoms with E-state index in [0.717, 1.165) is 0 Å². The molecule has 266 valence electrons. The van der Waals surface area contributed by atoms with Gasteiger partial charge in [0, 0.05) is 34.8 Å². The fourth-order valence-electron chi connectivity index (χ4n) is 10.6. The quantitative estimate of drug-likeness (QED) is 0.163. The number of benzene rings is 8. The van der Waals surface area contributed by atoms with Crippen molar-refractivity contribution in [1.29, 1.82) is 0 Å². The maximum atomic E-state index is 2.54. The molecule has 2 spiro atoms. The highest BCUT2D eigenvalue weighted by atomic mass is 32.2. The lowest BCUT2D eigenvalue weighted by atomic mass is 9.54. The third kappa shape index (κ3) is 4.21. The minimum atomic E-state index is -0.460. The Balaban J connectivity index is 1.14. The minimum Gasteiger partial charge on any atom is -0.0894 e. The normalized spacial score (nSPS) is 16.6. The number of fused-ring (bicyclic) bond motifs is 16. The second-order valence-corrected chi connectivity index (χ2v) is 19.2. The van der Waals surface area contributed by atoms with Crippen molar-refractivity contribution in [3.05, 3.63) is 238 Å². The summed E-state index contributed by atoms with van der Waals surface area (Å²) in [6, 6.07) is 69.5. The van der Waals surface area contributed by atoms with Gasteiger partial charge in [-0.05, 0) is 115 Å². The van der Waals surface area contributed by atoms with Crippen molar-refractivity contribution in [1.82, 2.24) is 0 Å². The van der Waals surface area contributed by atoms with Crippen LogP contribution in [0.25, 0.3) is 11.1 Å². The van der Waals surface area contributed by atoms with Crippen molar-refractivity contribution in [2.45, 2.75) is 59.5 Å². The van der Waals surface area contributed by atoms with Gasteiger partial charge in [-0.1, -0.05) is 183 Å². The van der Waals surface area contributed by atoms with E-state index in [1.54, 1.807) is 0 Å². The summed E-state index contributed by atoms with van der Waals surface area (Å²) < 4.78 is 0. The van der Waals surface area contributed by atoms with E-state index in [1.165, 1.54) is 96.1 Å². The van der Waals surface area contributed by atoms with Gasteiger partial charge in [0.15, 0.2) is 0 Å². The van der Waals surface area contributed by atoms with Crippen LogP contribution >= 0.6 is 35.3 Å². The second kappa shape index (κ2) is 11.9. The fraction of sp³-hybridized carbons (Fsp3) is 0.0943. The molecule has 8 aromatic carbocycles. The Hall–Kier alpha value is -5.19. The smallest absolute Gasteiger partial charge is 0.0745 e. The first-order valence-electron chi connectivity index (χ1n) is 19.4. The summed E-state index contributed by atoms with van der Waals surface area (Å²) in [7, 11) is 0. The van der Waals surface area contributed by atoms with Gasteiger partial charge in [0.2, 0.25) is 0 Å². The molecule has 0 unspecified atom stereocenters. The van der Waals surface area contributed by atoms with Gasteiger partial charge < -0.3 is 0 Å². The van der Waals surface area contributed by atoms with Crippen LogP contribution in [0.3, 0.4) is 0 Å². The molecule has 0 N–H and O–H groups in total. The molecule has 0 bridgehead atoms. The SMILES string of the molecule is CC1(C)c2ccccc2C2(c3ccccc3Sc3ccc(-c4ccc5c(c4)C4(c6ccccc6Sc6ccccc64)c4ccccc4S5)cc32)c2ccccc21. The Bertz CT molecular complexity index is 2800. The van der Waals surface area contributed by atoms with Crippen molar-refractivity contribution in [3.8, 4) is 11.1 Å². The molecular formula is C53H36S3. The molecule has 0 saturated carbocycles. The Morgan fingerprint density at radius 1 is 0.268 bits per heavy atom. The van der Waals surface area contributed by atoms with E-state index in [-0.39, 0.29) is 5.41 Å². The van der Waals surface area contributed by atoms with Crippen LogP contribution in [0.15, 0.2) is 211 Å². The summed E-state index contributed by atoms with van der Waals surface area (Å²) in [5, 5.41) is 0. The molecule has 12 rings (SSSR count). The highest BCUT2D eigenvalue weighted by Crippen LogP contribution is 2.64. The van der Waals surface area contributed by atoms with E-state index in [0.29, 0.717) is 0 Å². The van der Waals surface area contributed by atoms with Crippen molar-refractivity contribution in [3.63, 3.8) is 0 Å². The molecule has 3 aliphatic heterocycles. The summed E-state index contributed by atoms with van der Waals surface area (Å²) in [6.45, 7) is 4.80. The summed E-state index contributed by atoms with van der Waals surface area (Å²) >= 11 is 5.73. The molecule has 0 amide bonds. The van der Waals surface area contributed by atoms with Crippen LogP contribution in [-0.2, 0) is 16.2 Å². The Morgan fingerprint density at radius 2 is 0.536 bits per heavy atom. The third-order valence-corrected chi connectivity index (χ3v) is 16.4. The van der Waals surface area contributed by atoms with Gasteiger partial charge in [0.1, 0.15) is 0 Å². The molecule has 0 radical (unpaired) electrons. The highest BCUT2D eigenvalue weighted by molar-refractivity contribution is 8.00. The van der Waals surface area contributed by atoms with Gasteiger partial charge in [0.05, 0.1) is 10.8 Å². The molecule has 0 atom stereocenters. The van der Waals surface area contributed by atoms with E-state index in [2.05, 4.69) is 196 Å². The molecule has 3 heteroatoms. The lowest BCUT2D eigenvalue weighted by molar-refractivity contribution is 0.549. The monoisotopic (exact) mass is 768 g/mol. The molecule has 0 saturated heterocycles. The molecule has 4 aliphatic rings. The minimum absolute atomic E-state index is 0.138. The molecule has 56 heavy (non-hydrogen) atoms. The van der Waals surface area contributed by atoms with E-state index >= 15 is 0 Å². The average molecular weight is 769 g/mol. The van der Waals surface area contributed by atoms with Gasteiger partial charge in [-0.2, -0.15) is 0 Å². The van der Waals surface area contributed by atoms with Gasteiger partial charge in [-0.25, -0.2) is 0 Å².